The number of anilines is 1. The lowest BCUT2D eigenvalue weighted by Gasteiger charge is -2.26. The molecule has 1 aliphatic rings. The number of rotatable bonds is 10. The third-order valence-corrected chi connectivity index (χ3v) is 8.27. The summed E-state index contributed by atoms with van der Waals surface area (Å²) >= 11 is 0. The van der Waals surface area contributed by atoms with Crippen LogP contribution in [0.4, 0.5) is 5.69 Å². The van der Waals surface area contributed by atoms with Gasteiger partial charge in [0.25, 0.3) is 11.8 Å². The van der Waals surface area contributed by atoms with E-state index in [1.165, 1.54) is 30.9 Å². The molecule has 0 aromatic heterocycles. The quantitative estimate of drug-likeness (QED) is 0.0893. The molecule has 47 heavy (non-hydrogen) atoms. The maximum Gasteiger partial charge on any atom is 0.338 e. The van der Waals surface area contributed by atoms with Crippen LogP contribution in [0.15, 0.2) is 121 Å². The van der Waals surface area contributed by atoms with E-state index in [1.54, 1.807) is 48.5 Å². The van der Waals surface area contributed by atoms with Gasteiger partial charge in [-0.1, -0.05) is 56.3 Å². The molecule has 8 nitrogen and oxygen atoms in total. The Hall–Kier alpha value is -6.02. The van der Waals surface area contributed by atoms with Crippen LogP contribution in [-0.2, 0) is 10.2 Å². The second-order valence-electron chi connectivity index (χ2n) is 11.5. The van der Waals surface area contributed by atoms with Crippen molar-refractivity contribution in [3.63, 3.8) is 0 Å². The highest BCUT2D eigenvalue weighted by Crippen LogP contribution is 2.34. The first-order valence-electron chi connectivity index (χ1n) is 15.0. The fraction of sp³-hybridized carbons (Fsp3) is 0.128. The van der Waals surface area contributed by atoms with Gasteiger partial charge in [0.2, 0.25) is 0 Å². The van der Waals surface area contributed by atoms with Gasteiger partial charge >= 0.3 is 5.97 Å². The largest absolute Gasteiger partial charge is 0.497 e. The first kappa shape index (κ1) is 31.0. The SMILES string of the molecule is COc1ccc(C(=O)COC(=O)c2ccc3c(c2)C(=O)N(c2ccc(Oc4ccc(C(C)(C)c5ccccc5)cc4)cc2)C3=O)cc1. The number of benzene rings is 5. The van der Waals surface area contributed by atoms with Crippen LogP contribution in [0.3, 0.4) is 0 Å². The van der Waals surface area contributed by atoms with Crippen LogP contribution < -0.4 is 14.4 Å². The summed E-state index contributed by atoms with van der Waals surface area (Å²) in [6.07, 6.45) is 0. The van der Waals surface area contributed by atoms with Crippen molar-refractivity contribution in [3.8, 4) is 17.2 Å². The zero-order chi connectivity index (χ0) is 33.1. The molecule has 0 aliphatic carbocycles. The Kier molecular flexibility index (Phi) is 8.42. The van der Waals surface area contributed by atoms with E-state index in [4.69, 9.17) is 14.2 Å². The Bertz CT molecular complexity index is 1960. The van der Waals surface area contributed by atoms with E-state index in [1.807, 2.05) is 42.5 Å². The van der Waals surface area contributed by atoms with Crippen molar-refractivity contribution in [1.82, 2.24) is 0 Å². The smallest absolute Gasteiger partial charge is 0.338 e. The number of ketones is 1. The summed E-state index contributed by atoms with van der Waals surface area (Å²) < 4.78 is 16.3. The van der Waals surface area contributed by atoms with Crippen LogP contribution in [-0.4, -0.2) is 37.3 Å². The van der Waals surface area contributed by atoms with Gasteiger partial charge in [0.15, 0.2) is 12.4 Å². The molecule has 1 heterocycles. The lowest BCUT2D eigenvalue weighted by atomic mass is 9.78. The molecule has 0 bridgehead atoms. The van der Waals surface area contributed by atoms with Crippen molar-refractivity contribution in [3.05, 3.63) is 155 Å². The highest BCUT2D eigenvalue weighted by Gasteiger charge is 2.37. The van der Waals surface area contributed by atoms with Gasteiger partial charge in [0.1, 0.15) is 17.2 Å². The Morgan fingerprint density at radius 1 is 0.638 bits per heavy atom. The molecule has 0 radical (unpaired) electrons. The van der Waals surface area contributed by atoms with E-state index < -0.39 is 30.2 Å². The normalized spacial score (nSPS) is 12.4. The summed E-state index contributed by atoms with van der Waals surface area (Å²) in [6.45, 7) is 3.87. The first-order chi connectivity index (χ1) is 22.7. The van der Waals surface area contributed by atoms with Crippen LogP contribution in [0, 0.1) is 0 Å². The maximum atomic E-state index is 13.3. The third kappa shape index (κ3) is 6.26. The molecule has 5 aromatic carbocycles. The molecule has 0 saturated heterocycles. The van der Waals surface area contributed by atoms with Gasteiger partial charge in [-0.15, -0.1) is 0 Å². The number of amides is 2. The van der Waals surface area contributed by atoms with Crippen molar-refractivity contribution >= 4 is 29.3 Å². The second kappa shape index (κ2) is 12.8. The fourth-order valence-corrected chi connectivity index (χ4v) is 5.44. The monoisotopic (exact) mass is 625 g/mol. The van der Waals surface area contributed by atoms with Crippen LogP contribution in [0.1, 0.15) is 66.4 Å². The van der Waals surface area contributed by atoms with Crippen LogP contribution >= 0.6 is 0 Å². The molecule has 5 aromatic rings. The molecule has 0 unspecified atom stereocenters. The van der Waals surface area contributed by atoms with E-state index in [0.717, 1.165) is 10.5 Å². The van der Waals surface area contributed by atoms with Crippen molar-refractivity contribution in [2.75, 3.05) is 18.6 Å². The Labute approximate surface area is 272 Å². The Morgan fingerprint density at radius 2 is 1.19 bits per heavy atom. The average Bonchev–Trinajstić information content (AvgIpc) is 3.36. The van der Waals surface area contributed by atoms with E-state index in [-0.39, 0.29) is 22.1 Å². The van der Waals surface area contributed by atoms with Crippen molar-refractivity contribution in [2.24, 2.45) is 0 Å². The van der Waals surface area contributed by atoms with Gasteiger partial charge in [-0.3, -0.25) is 14.4 Å². The van der Waals surface area contributed by atoms with Gasteiger partial charge in [-0.2, -0.15) is 0 Å². The molecule has 1 aliphatic heterocycles. The molecule has 0 fully saturated rings. The first-order valence-corrected chi connectivity index (χ1v) is 15.0. The minimum Gasteiger partial charge on any atom is -0.497 e. The molecular weight excluding hydrogens is 594 g/mol. The number of hydrogen-bond donors (Lipinski definition) is 0. The summed E-state index contributed by atoms with van der Waals surface area (Å²) in [6, 6.07) is 35.4. The number of Topliss-reactive ketones (excluding diaryl/α,β-unsaturated/α-hetero) is 1. The number of ether oxygens (including phenoxy) is 3. The number of esters is 1. The molecule has 2 amide bonds. The van der Waals surface area contributed by atoms with Gasteiger partial charge in [0.05, 0.1) is 29.5 Å². The highest BCUT2D eigenvalue weighted by molar-refractivity contribution is 6.34. The number of imide groups is 1. The molecule has 0 N–H and O–H groups in total. The zero-order valence-corrected chi connectivity index (χ0v) is 26.1. The van der Waals surface area contributed by atoms with Crippen LogP contribution in [0.2, 0.25) is 0 Å². The van der Waals surface area contributed by atoms with E-state index >= 15 is 0 Å². The van der Waals surface area contributed by atoms with Gasteiger partial charge in [-0.05, 0) is 90.0 Å². The third-order valence-electron chi connectivity index (χ3n) is 8.27. The van der Waals surface area contributed by atoms with E-state index in [0.29, 0.717) is 28.5 Å². The lowest BCUT2D eigenvalue weighted by Crippen LogP contribution is -2.29. The number of fused-ring (bicyclic) bond motifs is 1. The van der Waals surface area contributed by atoms with Crippen LogP contribution in [0.25, 0.3) is 0 Å². The Balaban J connectivity index is 1.10. The fourth-order valence-electron chi connectivity index (χ4n) is 5.44. The summed E-state index contributed by atoms with van der Waals surface area (Å²) in [5.41, 5.74) is 3.20. The van der Waals surface area contributed by atoms with E-state index in [9.17, 15) is 19.2 Å². The van der Waals surface area contributed by atoms with Crippen molar-refractivity contribution in [1.29, 1.82) is 0 Å². The van der Waals surface area contributed by atoms with E-state index in [2.05, 4.69) is 26.0 Å². The van der Waals surface area contributed by atoms with Gasteiger partial charge < -0.3 is 14.2 Å². The standard InChI is InChI=1S/C39H31NO7/c1-39(2,27-7-5-4-6-8-27)28-12-18-31(19-13-28)47-32-20-14-29(15-21-32)40-36(42)33-22-11-26(23-34(33)37(40)43)38(44)46-24-35(41)25-9-16-30(45-3)17-10-25/h4-23H,24H2,1-3H3. The lowest BCUT2D eigenvalue weighted by molar-refractivity contribution is 0.0474. The number of nitrogens with zero attached hydrogens (tertiary/aromatic N) is 1. The minimum absolute atomic E-state index is 0.0520. The van der Waals surface area contributed by atoms with Crippen LogP contribution in [0.5, 0.6) is 17.2 Å². The number of carbonyl (C=O) groups is 4. The summed E-state index contributed by atoms with van der Waals surface area (Å²) in [5, 5.41) is 0. The number of carbonyl (C=O) groups excluding carboxylic acids is 4. The van der Waals surface area contributed by atoms with Gasteiger partial charge in [-0.25, -0.2) is 9.69 Å². The van der Waals surface area contributed by atoms with Crippen molar-refractivity contribution in [2.45, 2.75) is 19.3 Å². The predicted octanol–water partition coefficient (Wildman–Crippen LogP) is 7.65. The maximum absolute atomic E-state index is 13.3. The molecular formula is C39H31NO7. The molecule has 0 atom stereocenters. The molecule has 0 spiro atoms. The summed E-state index contributed by atoms with van der Waals surface area (Å²) in [5.74, 6) is -0.475. The minimum atomic E-state index is -0.786. The number of hydrogen-bond acceptors (Lipinski definition) is 7. The molecule has 6 rings (SSSR count). The topological polar surface area (TPSA) is 99.2 Å². The summed E-state index contributed by atoms with van der Waals surface area (Å²) in [4.78, 5) is 52.8. The highest BCUT2D eigenvalue weighted by atomic mass is 16.5. The second-order valence-corrected chi connectivity index (χ2v) is 11.5. The number of methoxy groups -OCH3 is 1. The van der Waals surface area contributed by atoms with Crippen molar-refractivity contribution < 1.29 is 33.4 Å². The van der Waals surface area contributed by atoms with Gasteiger partial charge in [0, 0.05) is 11.0 Å². The zero-order valence-electron chi connectivity index (χ0n) is 26.1. The molecule has 0 saturated carbocycles. The molecule has 8 heteroatoms. The molecule has 234 valence electrons. The predicted molar refractivity (Wildman–Crippen MR) is 177 cm³/mol. The average molecular weight is 626 g/mol. The Morgan fingerprint density at radius 3 is 1.83 bits per heavy atom. The summed E-state index contributed by atoms with van der Waals surface area (Å²) in [7, 11) is 1.52.